The normalized spacial score (nSPS) is 11.8. The van der Waals surface area contributed by atoms with E-state index in [0.29, 0.717) is 0 Å². The highest BCUT2D eigenvalue weighted by Gasteiger charge is 2.23. The van der Waals surface area contributed by atoms with E-state index in [0.717, 1.165) is 88.8 Å². The zero-order valence-electron chi connectivity index (χ0n) is 31.3. The Bertz CT molecular complexity index is 3490. The van der Waals surface area contributed by atoms with E-state index in [2.05, 4.69) is 204 Å². The van der Waals surface area contributed by atoms with Crippen molar-refractivity contribution in [3.63, 3.8) is 0 Å². The Balaban J connectivity index is 1.01. The third-order valence-corrected chi connectivity index (χ3v) is 11.6. The summed E-state index contributed by atoms with van der Waals surface area (Å²) in [4.78, 5) is 2.34. The molecule has 0 aliphatic heterocycles. The summed E-state index contributed by atoms with van der Waals surface area (Å²) in [5, 5.41) is 6.83. The van der Waals surface area contributed by atoms with Crippen LogP contribution in [0.2, 0.25) is 0 Å². The van der Waals surface area contributed by atoms with Crippen molar-refractivity contribution in [2.24, 2.45) is 0 Å². The lowest BCUT2D eigenvalue weighted by atomic mass is 9.98. The Kier molecular flexibility index (Phi) is 7.20. The molecule has 0 bridgehead atoms. The summed E-state index contributed by atoms with van der Waals surface area (Å²) in [7, 11) is 0. The first-order valence-corrected chi connectivity index (χ1v) is 19.7. The number of fused-ring (bicyclic) bond motifs is 9. The maximum atomic E-state index is 6.88. The molecule has 0 amide bonds. The Morgan fingerprint density at radius 3 is 1.78 bits per heavy atom. The van der Waals surface area contributed by atoms with Crippen molar-refractivity contribution in [3.05, 3.63) is 206 Å². The highest BCUT2D eigenvalue weighted by atomic mass is 16.3. The molecule has 0 aliphatic rings. The van der Waals surface area contributed by atoms with Gasteiger partial charge >= 0.3 is 0 Å². The van der Waals surface area contributed by atoms with Crippen LogP contribution in [0.1, 0.15) is 0 Å². The van der Waals surface area contributed by atoms with Gasteiger partial charge in [-0.05, 0) is 100 Å². The van der Waals surface area contributed by atoms with E-state index in [4.69, 9.17) is 8.83 Å². The van der Waals surface area contributed by atoms with Crippen molar-refractivity contribution in [2.45, 2.75) is 0 Å². The third kappa shape index (κ3) is 4.95. The van der Waals surface area contributed by atoms with Crippen LogP contribution in [0.5, 0.6) is 0 Å². The van der Waals surface area contributed by atoms with Gasteiger partial charge < -0.3 is 18.3 Å². The maximum absolute atomic E-state index is 6.88. The van der Waals surface area contributed by atoms with Gasteiger partial charge in [0.1, 0.15) is 22.3 Å². The highest BCUT2D eigenvalue weighted by Crippen LogP contribution is 2.45. The Morgan fingerprint density at radius 2 is 0.966 bits per heavy atom. The summed E-state index contributed by atoms with van der Waals surface area (Å²) in [6.45, 7) is 0. The third-order valence-electron chi connectivity index (χ3n) is 11.6. The number of aromatic nitrogens is 1. The molecule has 0 unspecified atom stereocenters. The Hall–Kier alpha value is -7.82. The van der Waals surface area contributed by atoms with E-state index in [1.165, 1.54) is 21.9 Å². The molecule has 0 radical (unpaired) electrons. The molecule has 272 valence electrons. The number of furan rings is 2. The van der Waals surface area contributed by atoms with Gasteiger partial charge in [0.15, 0.2) is 5.58 Å². The lowest BCUT2D eigenvalue weighted by Crippen LogP contribution is -2.10. The van der Waals surface area contributed by atoms with Crippen LogP contribution in [0.15, 0.2) is 215 Å². The van der Waals surface area contributed by atoms with Gasteiger partial charge in [0.2, 0.25) is 0 Å². The van der Waals surface area contributed by atoms with Crippen molar-refractivity contribution < 1.29 is 8.83 Å². The van der Waals surface area contributed by atoms with Crippen LogP contribution in [0, 0.1) is 0 Å². The van der Waals surface area contributed by atoms with Gasteiger partial charge in [0, 0.05) is 38.8 Å². The summed E-state index contributed by atoms with van der Waals surface area (Å²) in [6.07, 6.45) is 0. The molecule has 0 aliphatic carbocycles. The van der Waals surface area contributed by atoms with E-state index in [9.17, 15) is 0 Å². The zero-order chi connectivity index (χ0) is 38.2. The topological polar surface area (TPSA) is 34.5 Å². The first-order chi connectivity index (χ1) is 28.8. The van der Waals surface area contributed by atoms with E-state index in [1.807, 2.05) is 12.1 Å². The van der Waals surface area contributed by atoms with E-state index < -0.39 is 0 Å². The molecule has 9 aromatic carbocycles. The number of para-hydroxylation sites is 4. The smallest absolute Gasteiger partial charge is 0.161 e. The van der Waals surface area contributed by atoms with E-state index >= 15 is 0 Å². The SMILES string of the molecule is c1ccc(-n2c3ccccc3c3oc4c(-c5ccc(N(c6ccc(-c7cccc8ccccc78)cc6)c6cccc7oc8ccccc8c67)cc5)cccc4c32)cc1. The number of hydrogen-bond donors (Lipinski definition) is 0. The monoisotopic (exact) mass is 742 g/mol. The Labute approximate surface area is 334 Å². The summed E-state index contributed by atoms with van der Waals surface area (Å²) in [5.41, 5.74) is 14.5. The molecular formula is C54H34N2O2. The summed E-state index contributed by atoms with van der Waals surface area (Å²) >= 11 is 0. The van der Waals surface area contributed by atoms with Crippen LogP contribution in [0.3, 0.4) is 0 Å². The molecule has 0 saturated heterocycles. The molecular weight excluding hydrogens is 709 g/mol. The number of anilines is 3. The molecule has 3 heterocycles. The molecule has 12 rings (SSSR count). The van der Waals surface area contributed by atoms with Gasteiger partial charge in [0.05, 0.1) is 16.6 Å². The fraction of sp³-hybridized carbons (Fsp3) is 0. The molecule has 0 saturated carbocycles. The fourth-order valence-corrected chi connectivity index (χ4v) is 8.99. The first kappa shape index (κ1) is 32.4. The molecule has 12 aromatic rings. The van der Waals surface area contributed by atoms with Crippen LogP contribution in [-0.2, 0) is 0 Å². The first-order valence-electron chi connectivity index (χ1n) is 19.7. The predicted octanol–water partition coefficient (Wildman–Crippen LogP) is 15.4. The van der Waals surface area contributed by atoms with Crippen LogP contribution in [-0.4, -0.2) is 4.57 Å². The minimum atomic E-state index is 0.858. The predicted molar refractivity (Wildman–Crippen MR) is 241 cm³/mol. The van der Waals surface area contributed by atoms with Crippen molar-refractivity contribution in [2.75, 3.05) is 4.90 Å². The molecule has 3 aromatic heterocycles. The van der Waals surface area contributed by atoms with Gasteiger partial charge in [-0.15, -0.1) is 0 Å². The zero-order valence-corrected chi connectivity index (χ0v) is 31.3. The van der Waals surface area contributed by atoms with Crippen LogP contribution in [0.25, 0.3) is 93.6 Å². The largest absolute Gasteiger partial charge is 0.456 e. The molecule has 0 N–H and O–H groups in total. The van der Waals surface area contributed by atoms with Crippen LogP contribution in [0.4, 0.5) is 17.1 Å². The summed E-state index contributed by atoms with van der Waals surface area (Å²) in [6, 6.07) is 73.0. The van der Waals surface area contributed by atoms with Gasteiger partial charge in [-0.2, -0.15) is 0 Å². The molecule has 0 fully saturated rings. The molecule has 58 heavy (non-hydrogen) atoms. The van der Waals surface area contributed by atoms with Gasteiger partial charge in [-0.3, -0.25) is 0 Å². The standard InChI is InChI=1S/C54H34N2O2/c1-2-15-38(16-3-1)56-47-23-8-6-18-44(47)54-52(56)46-22-11-21-43(53(46)58-54)37-29-33-40(34-30-37)55(48-24-12-26-50-51(48)45-19-7-9-25-49(45)57-50)39-31-27-36(28-32-39)42-20-10-14-35-13-4-5-17-41(35)42/h1-34H. The average molecular weight is 743 g/mol. The van der Waals surface area contributed by atoms with E-state index in [1.54, 1.807) is 0 Å². The van der Waals surface area contributed by atoms with Crippen molar-refractivity contribution >= 4 is 82.7 Å². The van der Waals surface area contributed by atoms with Crippen LogP contribution >= 0.6 is 0 Å². The quantitative estimate of drug-likeness (QED) is 0.170. The lowest BCUT2D eigenvalue weighted by molar-refractivity contribution is 0.669. The second kappa shape index (κ2) is 12.9. The second-order valence-corrected chi connectivity index (χ2v) is 14.9. The molecule has 0 spiro atoms. The molecule has 0 atom stereocenters. The summed E-state index contributed by atoms with van der Waals surface area (Å²) in [5.74, 6) is 0. The highest BCUT2D eigenvalue weighted by molar-refractivity contribution is 6.18. The van der Waals surface area contributed by atoms with Gasteiger partial charge in [-0.25, -0.2) is 0 Å². The average Bonchev–Trinajstić information content (AvgIpc) is 3.97. The van der Waals surface area contributed by atoms with Gasteiger partial charge in [0.25, 0.3) is 0 Å². The van der Waals surface area contributed by atoms with Gasteiger partial charge in [-0.1, -0.05) is 133 Å². The molecule has 4 heteroatoms. The number of rotatable bonds is 6. The maximum Gasteiger partial charge on any atom is 0.161 e. The van der Waals surface area contributed by atoms with Crippen molar-refractivity contribution in [1.82, 2.24) is 4.57 Å². The van der Waals surface area contributed by atoms with E-state index in [-0.39, 0.29) is 0 Å². The minimum Gasteiger partial charge on any atom is -0.456 e. The van der Waals surface area contributed by atoms with Crippen molar-refractivity contribution in [3.8, 4) is 27.9 Å². The Morgan fingerprint density at radius 1 is 0.379 bits per heavy atom. The number of nitrogens with zero attached hydrogens (tertiary/aromatic N) is 2. The van der Waals surface area contributed by atoms with Crippen LogP contribution < -0.4 is 4.90 Å². The fourth-order valence-electron chi connectivity index (χ4n) is 8.99. The minimum absolute atomic E-state index is 0.858. The summed E-state index contributed by atoms with van der Waals surface area (Å²) < 4.78 is 15.6. The number of benzene rings is 9. The second-order valence-electron chi connectivity index (χ2n) is 14.9. The number of hydrogen-bond acceptors (Lipinski definition) is 3. The lowest BCUT2D eigenvalue weighted by Gasteiger charge is -2.26. The van der Waals surface area contributed by atoms with Crippen molar-refractivity contribution in [1.29, 1.82) is 0 Å². The molecule has 4 nitrogen and oxygen atoms in total.